The summed E-state index contributed by atoms with van der Waals surface area (Å²) in [7, 11) is 0. The van der Waals surface area contributed by atoms with Crippen LogP contribution in [0, 0.1) is 0 Å². The molecule has 0 saturated carbocycles. The van der Waals surface area contributed by atoms with Gasteiger partial charge in [0.1, 0.15) is 17.4 Å². The first-order valence-corrected chi connectivity index (χ1v) is 10.3. The molecule has 2 aliphatic heterocycles. The maximum atomic E-state index is 5.84. The molecule has 1 unspecified atom stereocenters. The van der Waals surface area contributed by atoms with E-state index in [0.29, 0.717) is 23.3 Å². The van der Waals surface area contributed by atoms with Crippen LogP contribution in [0.25, 0.3) is 0 Å². The van der Waals surface area contributed by atoms with Gasteiger partial charge < -0.3 is 9.15 Å². The SMILES string of the molecule is S=C1N(c2ccccc2)C(c2ccco2)=NC2SC(COc3ccccc3)=NN12. The molecule has 3 heterocycles. The number of anilines is 1. The lowest BCUT2D eigenvalue weighted by Crippen LogP contribution is -2.50. The number of hydrazone groups is 1. The molecule has 3 aromatic rings. The first-order valence-electron chi connectivity index (χ1n) is 9.01. The molecular formula is C21H16N4O2S2. The quantitative estimate of drug-likeness (QED) is 0.564. The van der Waals surface area contributed by atoms with Gasteiger partial charge in [-0.3, -0.25) is 4.90 Å². The largest absolute Gasteiger partial charge is 0.487 e. The number of benzene rings is 2. The second kappa shape index (κ2) is 7.73. The summed E-state index contributed by atoms with van der Waals surface area (Å²) in [5.41, 5.74) is 0.622. The van der Waals surface area contributed by atoms with Crippen molar-refractivity contribution < 1.29 is 9.15 Å². The number of amidine groups is 1. The molecule has 0 N–H and O–H groups in total. The number of thiocarbonyl (C=S) groups is 1. The molecule has 2 aromatic carbocycles. The van der Waals surface area contributed by atoms with Crippen LogP contribution in [0.2, 0.25) is 0 Å². The number of furan rings is 1. The van der Waals surface area contributed by atoms with Crippen LogP contribution in [0.15, 0.2) is 93.6 Å². The Balaban J connectivity index is 1.44. The number of para-hydroxylation sites is 2. The molecule has 1 aromatic heterocycles. The molecule has 0 bridgehead atoms. The monoisotopic (exact) mass is 420 g/mol. The second-order valence-electron chi connectivity index (χ2n) is 6.27. The van der Waals surface area contributed by atoms with E-state index < -0.39 is 0 Å². The Morgan fingerprint density at radius 2 is 1.76 bits per heavy atom. The molecule has 1 atom stereocenters. The van der Waals surface area contributed by atoms with Gasteiger partial charge >= 0.3 is 0 Å². The number of thioether (sulfide) groups is 1. The van der Waals surface area contributed by atoms with Crippen molar-refractivity contribution in [3.05, 3.63) is 84.8 Å². The fourth-order valence-corrected chi connectivity index (χ4v) is 4.36. The number of hydrogen-bond donors (Lipinski definition) is 0. The van der Waals surface area contributed by atoms with E-state index in [-0.39, 0.29) is 5.50 Å². The van der Waals surface area contributed by atoms with Crippen molar-refractivity contribution in [3.63, 3.8) is 0 Å². The molecule has 0 aliphatic carbocycles. The van der Waals surface area contributed by atoms with E-state index >= 15 is 0 Å². The van der Waals surface area contributed by atoms with Crippen LogP contribution in [-0.4, -0.2) is 33.1 Å². The van der Waals surface area contributed by atoms with Gasteiger partial charge in [0.05, 0.1) is 12.0 Å². The van der Waals surface area contributed by atoms with E-state index in [1.165, 1.54) is 11.8 Å². The van der Waals surface area contributed by atoms with E-state index in [4.69, 9.17) is 26.4 Å². The number of fused-ring (bicyclic) bond motifs is 1. The first-order chi connectivity index (χ1) is 14.3. The van der Waals surface area contributed by atoms with Crippen LogP contribution in [0.5, 0.6) is 5.75 Å². The van der Waals surface area contributed by atoms with Crippen molar-refractivity contribution in [2.24, 2.45) is 10.1 Å². The van der Waals surface area contributed by atoms with E-state index in [2.05, 4.69) is 5.10 Å². The normalized spacial score (nSPS) is 18.3. The van der Waals surface area contributed by atoms with Gasteiger partial charge in [0.25, 0.3) is 0 Å². The summed E-state index contributed by atoms with van der Waals surface area (Å²) in [4.78, 5) is 6.76. The van der Waals surface area contributed by atoms with Gasteiger partial charge in [0.2, 0.25) is 5.11 Å². The zero-order valence-electron chi connectivity index (χ0n) is 15.2. The number of ether oxygens (including phenoxy) is 1. The summed E-state index contributed by atoms with van der Waals surface area (Å²) in [5, 5.41) is 7.78. The number of rotatable bonds is 5. The topological polar surface area (TPSA) is 53.6 Å². The summed E-state index contributed by atoms with van der Waals surface area (Å²) < 4.78 is 11.5. The Kier molecular flexibility index (Phi) is 4.79. The van der Waals surface area contributed by atoms with Gasteiger partial charge in [-0.1, -0.05) is 48.2 Å². The fraction of sp³-hybridized carbons (Fsp3) is 0.0952. The highest BCUT2D eigenvalue weighted by Gasteiger charge is 2.40. The lowest BCUT2D eigenvalue weighted by Gasteiger charge is -2.35. The van der Waals surface area contributed by atoms with Crippen molar-refractivity contribution in [1.29, 1.82) is 0 Å². The summed E-state index contributed by atoms with van der Waals surface area (Å²) in [6, 6.07) is 23.3. The van der Waals surface area contributed by atoms with Crippen LogP contribution in [0.4, 0.5) is 5.69 Å². The molecule has 0 amide bonds. The standard InChI is InChI=1S/C21H16N4O2S2/c28-21-24(15-8-3-1-4-9-15)19(17-12-7-13-26-17)22-20-25(21)23-18(29-20)14-27-16-10-5-2-6-11-16/h1-13,20H,14H2. The molecule has 0 fully saturated rings. The van der Waals surface area contributed by atoms with E-state index in [9.17, 15) is 0 Å². The van der Waals surface area contributed by atoms with Crippen molar-refractivity contribution in [2.75, 3.05) is 11.5 Å². The highest BCUT2D eigenvalue weighted by atomic mass is 32.2. The predicted octanol–water partition coefficient (Wildman–Crippen LogP) is 4.56. The van der Waals surface area contributed by atoms with Crippen LogP contribution in [0.1, 0.15) is 5.76 Å². The minimum atomic E-state index is -0.281. The Labute approximate surface area is 177 Å². The molecule has 8 heteroatoms. The Morgan fingerprint density at radius 3 is 2.48 bits per heavy atom. The lowest BCUT2D eigenvalue weighted by atomic mass is 10.2. The number of nitrogens with zero attached hydrogens (tertiary/aromatic N) is 4. The van der Waals surface area contributed by atoms with E-state index in [1.807, 2.05) is 77.7 Å². The van der Waals surface area contributed by atoms with Gasteiger partial charge in [-0.05, 0) is 48.6 Å². The average Bonchev–Trinajstić information content (AvgIpc) is 3.44. The molecular weight excluding hydrogens is 404 g/mol. The Hall–Kier alpha value is -3.10. The molecule has 5 rings (SSSR count). The molecule has 0 spiro atoms. The first kappa shape index (κ1) is 18.0. The van der Waals surface area contributed by atoms with Crippen LogP contribution < -0.4 is 9.64 Å². The minimum absolute atomic E-state index is 0.281. The van der Waals surface area contributed by atoms with Crippen molar-refractivity contribution in [1.82, 2.24) is 5.01 Å². The van der Waals surface area contributed by atoms with Crippen molar-refractivity contribution in [2.45, 2.75) is 5.50 Å². The van der Waals surface area contributed by atoms with Gasteiger partial charge in [0, 0.05) is 0 Å². The number of aliphatic imine (C=N–C) groups is 1. The summed E-state index contributed by atoms with van der Waals surface area (Å²) in [6.07, 6.45) is 1.63. The molecule has 0 saturated heterocycles. The van der Waals surface area contributed by atoms with E-state index in [1.54, 1.807) is 11.3 Å². The molecule has 0 radical (unpaired) electrons. The third-order valence-electron chi connectivity index (χ3n) is 4.36. The average molecular weight is 421 g/mol. The zero-order valence-corrected chi connectivity index (χ0v) is 16.8. The summed E-state index contributed by atoms with van der Waals surface area (Å²) in [5.74, 6) is 2.12. The van der Waals surface area contributed by atoms with Crippen LogP contribution >= 0.6 is 24.0 Å². The third-order valence-corrected chi connectivity index (χ3v) is 5.72. The van der Waals surface area contributed by atoms with Gasteiger partial charge in [-0.2, -0.15) is 5.10 Å². The molecule has 144 valence electrons. The molecule has 2 aliphatic rings. The second-order valence-corrected chi connectivity index (χ2v) is 7.76. The maximum Gasteiger partial charge on any atom is 0.205 e. The van der Waals surface area contributed by atoms with Crippen molar-refractivity contribution in [3.8, 4) is 5.75 Å². The van der Waals surface area contributed by atoms with Crippen LogP contribution in [0.3, 0.4) is 0 Å². The highest BCUT2D eigenvalue weighted by molar-refractivity contribution is 8.14. The Bertz CT molecular complexity index is 1070. The lowest BCUT2D eigenvalue weighted by molar-refractivity contribution is 0.374. The molecule has 29 heavy (non-hydrogen) atoms. The minimum Gasteiger partial charge on any atom is -0.487 e. The smallest absolute Gasteiger partial charge is 0.205 e. The predicted molar refractivity (Wildman–Crippen MR) is 119 cm³/mol. The van der Waals surface area contributed by atoms with Crippen LogP contribution in [-0.2, 0) is 0 Å². The van der Waals surface area contributed by atoms with E-state index in [0.717, 1.165) is 16.5 Å². The fourth-order valence-electron chi connectivity index (χ4n) is 3.05. The Morgan fingerprint density at radius 1 is 1.00 bits per heavy atom. The maximum absolute atomic E-state index is 5.84. The summed E-state index contributed by atoms with van der Waals surface area (Å²) >= 11 is 7.32. The van der Waals surface area contributed by atoms with Gasteiger partial charge in [-0.25, -0.2) is 10.0 Å². The van der Waals surface area contributed by atoms with Gasteiger partial charge in [-0.15, -0.1) is 0 Å². The third kappa shape index (κ3) is 3.52. The highest BCUT2D eigenvalue weighted by Crippen LogP contribution is 2.35. The molecule has 6 nitrogen and oxygen atoms in total. The van der Waals surface area contributed by atoms with Crippen molar-refractivity contribution >= 4 is 45.7 Å². The van der Waals surface area contributed by atoms with Gasteiger partial charge in [0.15, 0.2) is 17.1 Å². The number of hydrogen-bond acceptors (Lipinski definition) is 6. The summed E-state index contributed by atoms with van der Waals surface area (Å²) in [6.45, 7) is 0.362. The zero-order chi connectivity index (χ0) is 19.6.